The lowest BCUT2D eigenvalue weighted by Crippen LogP contribution is -2.35. The van der Waals surface area contributed by atoms with Crippen molar-refractivity contribution in [1.29, 1.82) is 0 Å². The number of rotatable bonds is 6. The van der Waals surface area contributed by atoms with E-state index in [1.165, 1.54) is 7.11 Å². The number of hydrogen-bond donors (Lipinski definition) is 2. The molecule has 3 rings (SSSR count). The fraction of sp³-hybridized carbons (Fsp3) is 0.182. The Hall–Kier alpha value is -3.24. The van der Waals surface area contributed by atoms with Gasteiger partial charge in [0.25, 0.3) is 0 Å². The first-order valence-electron chi connectivity index (χ1n) is 9.56. The topological polar surface area (TPSA) is 98.8 Å². The number of fused-ring (bicyclic) bond motifs is 1. The summed E-state index contributed by atoms with van der Waals surface area (Å²) in [5, 5.41) is 6.42. The number of carbonyl (C=O) groups excluding carboxylic acids is 2. The largest absolute Gasteiger partial charge is 0.486 e. The molecule has 1 amide bonds. The summed E-state index contributed by atoms with van der Waals surface area (Å²) in [6.07, 6.45) is -0.704. The second-order valence-corrected chi connectivity index (χ2v) is 7.63. The van der Waals surface area contributed by atoms with Crippen LogP contribution in [-0.2, 0) is 16.1 Å². The van der Waals surface area contributed by atoms with Gasteiger partial charge in [0.05, 0.1) is 13.7 Å². The molecule has 166 valence electrons. The number of alkyl carbamates (subject to hydrolysis) is 1. The number of methoxy groups -OCH3 is 1. The first kappa shape index (κ1) is 23.4. The van der Waals surface area contributed by atoms with Crippen LogP contribution in [0.3, 0.4) is 0 Å². The number of pyridine rings is 1. The Labute approximate surface area is 198 Å². The van der Waals surface area contributed by atoms with E-state index >= 15 is 0 Å². The summed E-state index contributed by atoms with van der Waals surface area (Å²) in [6, 6.07) is 15.0. The molecule has 0 spiro atoms. The first-order valence-corrected chi connectivity index (χ1v) is 10.8. The maximum Gasteiger partial charge on any atom is 0.413 e. The average Bonchev–Trinajstić information content (AvgIpc) is 2.78. The van der Waals surface area contributed by atoms with E-state index in [1.807, 2.05) is 42.5 Å². The van der Waals surface area contributed by atoms with Gasteiger partial charge < -0.3 is 19.5 Å². The van der Waals surface area contributed by atoms with Gasteiger partial charge in [-0.3, -0.25) is 5.32 Å². The summed E-state index contributed by atoms with van der Waals surface area (Å²) in [4.78, 5) is 28.7. The molecule has 0 aliphatic rings. The van der Waals surface area contributed by atoms with Crippen molar-refractivity contribution in [3.63, 3.8) is 0 Å². The Morgan fingerprint density at radius 2 is 1.88 bits per heavy atom. The van der Waals surface area contributed by atoms with Crippen LogP contribution in [-0.4, -0.2) is 35.9 Å². The smallest absolute Gasteiger partial charge is 0.413 e. The van der Waals surface area contributed by atoms with Gasteiger partial charge >= 0.3 is 12.1 Å². The molecule has 3 aromatic rings. The van der Waals surface area contributed by atoms with Gasteiger partial charge in [-0.05, 0) is 30.8 Å². The monoisotopic (exact) mass is 517 g/mol. The summed E-state index contributed by atoms with van der Waals surface area (Å²) in [6.45, 7) is 2.10. The quantitative estimate of drug-likeness (QED) is 0.355. The highest BCUT2D eigenvalue weighted by molar-refractivity contribution is 9.10. The molecule has 0 fully saturated rings. The summed E-state index contributed by atoms with van der Waals surface area (Å²) < 4.78 is 16.5. The van der Waals surface area contributed by atoms with Crippen LogP contribution in [0.5, 0.6) is 5.75 Å². The highest BCUT2D eigenvalue weighted by Crippen LogP contribution is 2.38. The van der Waals surface area contributed by atoms with Crippen LogP contribution in [0.25, 0.3) is 10.8 Å². The number of ether oxygens (including phenoxy) is 3. The molecule has 0 bridgehead atoms. The van der Waals surface area contributed by atoms with Gasteiger partial charge in [0, 0.05) is 15.2 Å². The highest BCUT2D eigenvalue weighted by atomic mass is 79.9. The molecule has 0 atom stereocenters. The van der Waals surface area contributed by atoms with Crippen LogP contribution in [0.4, 0.5) is 10.6 Å². The van der Waals surface area contributed by atoms with Crippen molar-refractivity contribution in [2.45, 2.75) is 13.5 Å². The predicted octanol–water partition coefficient (Wildman–Crippen LogP) is 4.81. The summed E-state index contributed by atoms with van der Waals surface area (Å²) in [5.41, 5.74) is 0.893. The van der Waals surface area contributed by atoms with Crippen LogP contribution in [0, 0.1) is 0 Å². The van der Waals surface area contributed by atoms with Crippen molar-refractivity contribution in [3.05, 3.63) is 64.3 Å². The zero-order valence-corrected chi connectivity index (χ0v) is 19.7. The highest BCUT2D eigenvalue weighted by Gasteiger charge is 2.23. The molecule has 0 aliphatic carbocycles. The molecule has 0 radical (unpaired) electrons. The maximum absolute atomic E-state index is 12.5. The van der Waals surface area contributed by atoms with Crippen molar-refractivity contribution in [2.75, 3.05) is 19.0 Å². The van der Waals surface area contributed by atoms with Crippen molar-refractivity contribution in [3.8, 4) is 5.75 Å². The van der Waals surface area contributed by atoms with Crippen LogP contribution >= 0.6 is 28.1 Å². The first-order chi connectivity index (χ1) is 15.4. The Morgan fingerprint density at radius 3 is 2.56 bits per heavy atom. The van der Waals surface area contributed by atoms with Crippen LogP contribution < -0.4 is 15.4 Å². The second kappa shape index (κ2) is 10.9. The van der Waals surface area contributed by atoms with E-state index in [-0.39, 0.29) is 35.6 Å². The maximum atomic E-state index is 12.5. The van der Waals surface area contributed by atoms with Crippen LogP contribution in [0.1, 0.15) is 23.0 Å². The number of nitrogens with one attached hydrogen (secondary N) is 2. The Kier molecular flexibility index (Phi) is 7.96. The van der Waals surface area contributed by atoms with Crippen LogP contribution in [0.2, 0.25) is 0 Å². The molecule has 8 nitrogen and oxygen atoms in total. The molecule has 0 unspecified atom stereocenters. The molecular formula is C22H20BrN3O5S. The van der Waals surface area contributed by atoms with Crippen LogP contribution in [0.15, 0.2) is 53.0 Å². The molecule has 0 aliphatic heterocycles. The zero-order chi connectivity index (χ0) is 23.1. The van der Waals surface area contributed by atoms with E-state index < -0.39 is 12.1 Å². The number of esters is 1. The van der Waals surface area contributed by atoms with Gasteiger partial charge in [0.1, 0.15) is 12.4 Å². The normalized spacial score (nSPS) is 10.3. The third-order valence-corrected chi connectivity index (χ3v) is 5.13. The number of nitrogens with zero attached hydrogens (tertiary/aromatic N) is 1. The zero-order valence-electron chi connectivity index (χ0n) is 17.3. The number of hydrogen-bond acceptors (Lipinski definition) is 7. The van der Waals surface area contributed by atoms with Crippen molar-refractivity contribution in [1.82, 2.24) is 10.3 Å². The molecule has 0 saturated heterocycles. The molecule has 32 heavy (non-hydrogen) atoms. The van der Waals surface area contributed by atoms with E-state index in [2.05, 4.69) is 31.5 Å². The lowest BCUT2D eigenvalue weighted by molar-refractivity contribution is 0.0589. The van der Waals surface area contributed by atoms with E-state index in [4.69, 9.17) is 26.4 Å². The summed E-state index contributed by atoms with van der Waals surface area (Å²) in [5.74, 6) is -0.171. The molecule has 2 aromatic carbocycles. The number of anilines is 1. The average molecular weight is 518 g/mol. The minimum atomic E-state index is -0.704. The molecule has 0 saturated carbocycles. The molecule has 1 heterocycles. The number of benzene rings is 2. The number of amides is 1. The minimum Gasteiger partial charge on any atom is -0.486 e. The molecule has 1 aromatic heterocycles. The summed E-state index contributed by atoms with van der Waals surface area (Å²) in [7, 11) is 1.26. The molecule has 10 heteroatoms. The van der Waals surface area contributed by atoms with Crippen molar-refractivity contribution >= 4 is 61.9 Å². The van der Waals surface area contributed by atoms with Gasteiger partial charge in [-0.25, -0.2) is 14.6 Å². The number of carbonyl (C=O) groups is 2. The van der Waals surface area contributed by atoms with E-state index in [0.717, 1.165) is 5.56 Å². The fourth-order valence-electron chi connectivity index (χ4n) is 2.90. The van der Waals surface area contributed by atoms with Crippen molar-refractivity contribution in [2.24, 2.45) is 0 Å². The van der Waals surface area contributed by atoms with E-state index in [0.29, 0.717) is 15.2 Å². The van der Waals surface area contributed by atoms with E-state index in [1.54, 1.807) is 13.0 Å². The molecule has 2 N–H and O–H groups in total. The van der Waals surface area contributed by atoms with Gasteiger partial charge in [-0.2, -0.15) is 0 Å². The van der Waals surface area contributed by atoms with E-state index in [9.17, 15) is 9.59 Å². The second-order valence-electron chi connectivity index (χ2n) is 6.37. The van der Waals surface area contributed by atoms with Gasteiger partial charge in [-0.15, -0.1) is 0 Å². The number of thiocarbonyl (C=S) groups is 1. The van der Waals surface area contributed by atoms with Gasteiger partial charge in [0.2, 0.25) is 0 Å². The fourth-order valence-corrected chi connectivity index (χ4v) is 3.63. The Bertz CT molecular complexity index is 1160. The minimum absolute atomic E-state index is 0.0320. The Balaban J connectivity index is 2.06. The lowest BCUT2D eigenvalue weighted by atomic mass is 10.1. The lowest BCUT2D eigenvalue weighted by Gasteiger charge is -2.17. The van der Waals surface area contributed by atoms with Gasteiger partial charge in [0.15, 0.2) is 16.6 Å². The molecular weight excluding hydrogens is 498 g/mol. The Morgan fingerprint density at radius 1 is 1.12 bits per heavy atom. The van der Waals surface area contributed by atoms with Crippen molar-refractivity contribution < 1.29 is 23.8 Å². The van der Waals surface area contributed by atoms with Gasteiger partial charge in [-0.1, -0.05) is 58.4 Å². The summed E-state index contributed by atoms with van der Waals surface area (Å²) >= 11 is 8.71. The standard InChI is InChI=1S/C22H20BrN3O5S/c1-3-30-22(28)26-21(32)25-19-16-14(10-7-11-15(16)23)18(17(24-19)20(27)29-2)31-12-13-8-5-4-6-9-13/h4-11H,3,12H2,1-2H3,(H2,24,25,26,28,32). The third kappa shape index (κ3) is 5.51. The number of halogens is 1. The predicted molar refractivity (Wildman–Crippen MR) is 128 cm³/mol. The number of aromatic nitrogens is 1. The SMILES string of the molecule is CCOC(=O)NC(=S)Nc1nc(C(=O)OC)c(OCc2ccccc2)c2cccc(Br)c12. The third-order valence-electron chi connectivity index (χ3n) is 4.26.